The molecule has 0 N–H and O–H groups in total. The highest BCUT2D eigenvalue weighted by Gasteiger charge is 2.18. The van der Waals surface area contributed by atoms with Gasteiger partial charge in [-0.3, -0.25) is 13.9 Å². The van der Waals surface area contributed by atoms with Gasteiger partial charge in [0, 0.05) is 14.1 Å². The largest absolute Gasteiger partial charge is 0.497 e. The molecule has 0 amide bonds. The molecule has 0 bridgehead atoms. The van der Waals surface area contributed by atoms with Gasteiger partial charge in [-0.05, 0) is 29.3 Å². The summed E-state index contributed by atoms with van der Waals surface area (Å²) < 4.78 is 9.08. The van der Waals surface area contributed by atoms with Gasteiger partial charge in [0.05, 0.1) is 13.7 Å². The Morgan fingerprint density at radius 1 is 1.13 bits per heavy atom. The lowest BCUT2D eigenvalue weighted by molar-refractivity contribution is 0.414. The molecule has 3 aromatic rings. The van der Waals surface area contributed by atoms with Crippen molar-refractivity contribution < 1.29 is 4.74 Å². The van der Waals surface area contributed by atoms with Gasteiger partial charge in [0.15, 0.2) is 11.2 Å². The van der Waals surface area contributed by atoms with Gasteiger partial charge in [0.25, 0.3) is 5.56 Å². The Morgan fingerprint density at radius 3 is 2.39 bits per heavy atom. The number of methoxy groups -OCH3 is 1. The summed E-state index contributed by atoms with van der Waals surface area (Å²) in [5.74, 6) is 0.744. The predicted octanol–water partition coefficient (Wildman–Crippen LogP) is 1.14. The van der Waals surface area contributed by atoms with E-state index in [-0.39, 0.29) is 10.9 Å². The zero-order chi connectivity index (χ0) is 16.7. The van der Waals surface area contributed by atoms with Crippen molar-refractivity contribution in [2.24, 2.45) is 14.1 Å². The van der Waals surface area contributed by atoms with Gasteiger partial charge in [-0.2, -0.15) is 4.98 Å². The van der Waals surface area contributed by atoms with Crippen LogP contribution >= 0.6 is 11.6 Å². The van der Waals surface area contributed by atoms with Crippen LogP contribution in [0.4, 0.5) is 0 Å². The first-order valence-electron chi connectivity index (χ1n) is 6.88. The number of hydrogen-bond acceptors (Lipinski definition) is 4. The SMILES string of the molecule is COc1ccc(Cn2c(Cl)nc3c2c(=O)n(C)c(=O)n3C)cc1. The summed E-state index contributed by atoms with van der Waals surface area (Å²) in [6, 6.07) is 7.42. The number of hydrogen-bond donors (Lipinski definition) is 0. The second kappa shape index (κ2) is 5.58. The zero-order valence-electron chi connectivity index (χ0n) is 12.9. The van der Waals surface area contributed by atoms with Crippen molar-refractivity contribution in [1.82, 2.24) is 18.7 Å². The molecule has 1 aromatic carbocycles. The molecule has 8 heteroatoms. The van der Waals surface area contributed by atoms with Gasteiger partial charge in [-0.15, -0.1) is 0 Å². The van der Waals surface area contributed by atoms with Crippen LogP contribution in [0.5, 0.6) is 5.75 Å². The van der Waals surface area contributed by atoms with Crippen molar-refractivity contribution in [2.75, 3.05) is 7.11 Å². The Balaban J connectivity index is 2.19. The van der Waals surface area contributed by atoms with Crippen LogP contribution in [0.25, 0.3) is 11.2 Å². The van der Waals surface area contributed by atoms with E-state index < -0.39 is 11.2 Å². The fourth-order valence-corrected chi connectivity index (χ4v) is 2.70. The average Bonchev–Trinajstić information content (AvgIpc) is 2.88. The van der Waals surface area contributed by atoms with Crippen molar-refractivity contribution in [3.05, 3.63) is 56.0 Å². The normalized spacial score (nSPS) is 11.1. The fraction of sp³-hybridized carbons (Fsp3) is 0.267. The third-order valence-electron chi connectivity index (χ3n) is 3.80. The topological polar surface area (TPSA) is 71.1 Å². The maximum Gasteiger partial charge on any atom is 0.332 e. The monoisotopic (exact) mass is 334 g/mol. The van der Waals surface area contributed by atoms with E-state index in [2.05, 4.69) is 4.98 Å². The summed E-state index contributed by atoms with van der Waals surface area (Å²) >= 11 is 6.19. The molecule has 7 nitrogen and oxygen atoms in total. The van der Waals surface area contributed by atoms with Crippen LogP contribution in [0.15, 0.2) is 33.9 Å². The molecular weight excluding hydrogens is 320 g/mol. The second-order valence-corrected chi connectivity index (χ2v) is 5.53. The lowest BCUT2D eigenvalue weighted by Gasteiger charge is -2.08. The van der Waals surface area contributed by atoms with Crippen LogP contribution in [-0.4, -0.2) is 25.8 Å². The molecule has 2 aromatic heterocycles. The van der Waals surface area contributed by atoms with E-state index >= 15 is 0 Å². The lowest BCUT2D eigenvalue weighted by Crippen LogP contribution is -2.37. The number of benzene rings is 1. The van der Waals surface area contributed by atoms with E-state index in [4.69, 9.17) is 16.3 Å². The minimum atomic E-state index is -0.437. The van der Waals surface area contributed by atoms with Gasteiger partial charge >= 0.3 is 5.69 Å². The minimum absolute atomic E-state index is 0.161. The number of halogens is 1. The Hall–Kier alpha value is -2.54. The second-order valence-electron chi connectivity index (χ2n) is 5.19. The Labute approximate surface area is 136 Å². The van der Waals surface area contributed by atoms with Gasteiger partial charge in [-0.25, -0.2) is 4.79 Å². The van der Waals surface area contributed by atoms with Gasteiger partial charge < -0.3 is 9.30 Å². The summed E-state index contributed by atoms with van der Waals surface area (Å²) in [5, 5.41) is 0.161. The summed E-state index contributed by atoms with van der Waals surface area (Å²) in [6.45, 7) is 0.368. The molecule has 0 radical (unpaired) electrons. The third-order valence-corrected chi connectivity index (χ3v) is 4.09. The van der Waals surface area contributed by atoms with Gasteiger partial charge in [0.2, 0.25) is 5.28 Å². The summed E-state index contributed by atoms with van der Waals surface area (Å²) in [7, 11) is 4.59. The summed E-state index contributed by atoms with van der Waals surface area (Å²) in [4.78, 5) is 28.6. The van der Waals surface area contributed by atoms with E-state index in [0.29, 0.717) is 12.1 Å². The predicted molar refractivity (Wildman–Crippen MR) is 87.3 cm³/mol. The maximum atomic E-state index is 12.4. The molecule has 0 fully saturated rings. The molecule has 0 aliphatic rings. The van der Waals surface area contributed by atoms with Crippen LogP contribution in [-0.2, 0) is 20.6 Å². The Morgan fingerprint density at radius 2 is 1.78 bits per heavy atom. The maximum absolute atomic E-state index is 12.4. The van der Waals surface area contributed by atoms with Crippen LogP contribution in [0.1, 0.15) is 5.56 Å². The van der Waals surface area contributed by atoms with Crippen LogP contribution in [0.3, 0.4) is 0 Å². The highest BCUT2D eigenvalue weighted by Crippen LogP contribution is 2.19. The highest BCUT2D eigenvalue weighted by molar-refractivity contribution is 6.29. The molecule has 120 valence electrons. The van der Waals surface area contributed by atoms with E-state index in [1.54, 1.807) is 18.7 Å². The molecule has 0 saturated carbocycles. The van der Waals surface area contributed by atoms with Crippen LogP contribution in [0.2, 0.25) is 5.28 Å². The number of aromatic nitrogens is 4. The Bertz CT molecular complexity index is 999. The number of imidazole rings is 1. The molecule has 2 heterocycles. The summed E-state index contributed by atoms with van der Waals surface area (Å²) in [6.07, 6.45) is 0. The standard InChI is InChI=1S/C15H15ClN4O3/c1-18-12-11(13(21)19(2)15(18)22)20(14(16)17-12)8-9-4-6-10(23-3)7-5-9/h4-7H,8H2,1-3H3. The van der Waals surface area contributed by atoms with Crippen LogP contribution < -0.4 is 16.0 Å². The molecule has 3 rings (SSSR count). The molecule has 0 atom stereocenters. The Kier molecular flexibility index (Phi) is 3.73. The van der Waals surface area contributed by atoms with Crippen molar-refractivity contribution in [3.63, 3.8) is 0 Å². The van der Waals surface area contributed by atoms with Gasteiger partial charge in [0.1, 0.15) is 5.75 Å². The number of aryl methyl sites for hydroxylation is 1. The highest BCUT2D eigenvalue weighted by atomic mass is 35.5. The fourth-order valence-electron chi connectivity index (χ4n) is 2.48. The minimum Gasteiger partial charge on any atom is -0.497 e. The number of rotatable bonds is 3. The van der Waals surface area contributed by atoms with Crippen LogP contribution in [0, 0.1) is 0 Å². The molecule has 0 spiro atoms. The molecule has 23 heavy (non-hydrogen) atoms. The van der Waals surface area contributed by atoms with Crippen molar-refractivity contribution >= 4 is 22.8 Å². The summed E-state index contributed by atoms with van der Waals surface area (Å²) in [5.41, 5.74) is 0.652. The van der Waals surface area contributed by atoms with E-state index in [1.165, 1.54) is 11.6 Å². The first-order valence-corrected chi connectivity index (χ1v) is 7.26. The molecule has 0 saturated heterocycles. The zero-order valence-corrected chi connectivity index (χ0v) is 13.7. The van der Waals surface area contributed by atoms with Crippen molar-refractivity contribution in [2.45, 2.75) is 6.54 Å². The average molecular weight is 335 g/mol. The van der Waals surface area contributed by atoms with E-state index in [1.807, 2.05) is 24.3 Å². The third kappa shape index (κ3) is 2.43. The lowest BCUT2D eigenvalue weighted by atomic mass is 10.2. The van der Waals surface area contributed by atoms with E-state index in [9.17, 15) is 9.59 Å². The van der Waals surface area contributed by atoms with Gasteiger partial charge in [-0.1, -0.05) is 12.1 Å². The van der Waals surface area contributed by atoms with E-state index in [0.717, 1.165) is 15.9 Å². The smallest absolute Gasteiger partial charge is 0.332 e. The first kappa shape index (κ1) is 15.4. The number of nitrogens with zero attached hydrogens (tertiary/aromatic N) is 4. The first-order chi connectivity index (χ1) is 10.9. The van der Waals surface area contributed by atoms with Crippen molar-refractivity contribution in [1.29, 1.82) is 0 Å². The molecule has 0 unspecified atom stereocenters. The molecule has 0 aliphatic carbocycles. The number of fused-ring (bicyclic) bond motifs is 1. The van der Waals surface area contributed by atoms with Crippen molar-refractivity contribution in [3.8, 4) is 5.75 Å². The molecular formula is C15H15ClN4O3. The number of ether oxygens (including phenoxy) is 1. The quantitative estimate of drug-likeness (QED) is 0.674. The molecule has 0 aliphatic heterocycles.